The molecule has 0 spiro atoms. The fourth-order valence-corrected chi connectivity index (χ4v) is 2.25. The predicted molar refractivity (Wildman–Crippen MR) is 103 cm³/mol. The van der Waals surface area contributed by atoms with Crippen molar-refractivity contribution < 1.29 is 4.79 Å². The molecule has 0 radical (unpaired) electrons. The van der Waals surface area contributed by atoms with Gasteiger partial charge in [0, 0.05) is 12.2 Å². The number of nitrogens with one attached hydrogen (secondary N) is 1. The van der Waals surface area contributed by atoms with Gasteiger partial charge in [0.1, 0.15) is 0 Å². The fraction of sp³-hybridized carbons (Fsp3) is 0.294. The van der Waals surface area contributed by atoms with Crippen LogP contribution in [0.5, 0.6) is 0 Å². The largest absolute Gasteiger partial charge is 0.397 e. The van der Waals surface area contributed by atoms with Crippen LogP contribution >= 0.6 is 24.8 Å². The third kappa shape index (κ3) is 6.74. The Morgan fingerprint density at radius 2 is 1.83 bits per heavy atom. The van der Waals surface area contributed by atoms with E-state index in [4.69, 9.17) is 5.73 Å². The molecule has 0 saturated carbocycles. The summed E-state index contributed by atoms with van der Waals surface area (Å²) in [7, 11) is 4.01. The minimum atomic E-state index is -0.0416. The molecule has 2 aromatic rings. The van der Waals surface area contributed by atoms with Crippen LogP contribution < -0.4 is 11.1 Å². The summed E-state index contributed by atoms with van der Waals surface area (Å²) in [6, 6.07) is 13.8. The molecule has 0 aliphatic carbocycles. The van der Waals surface area contributed by atoms with Gasteiger partial charge in [0.05, 0.1) is 24.3 Å². The molecular weight excluding hydrogens is 347 g/mol. The lowest BCUT2D eigenvalue weighted by molar-refractivity contribution is -0.120. The Labute approximate surface area is 155 Å². The van der Waals surface area contributed by atoms with Crippen LogP contribution in [0.4, 0.5) is 5.69 Å². The number of rotatable bonds is 6. The van der Waals surface area contributed by atoms with Crippen molar-refractivity contribution in [1.29, 1.82) is 0 Å². The molecule has 0 aliphatic rings. The van der Waals surface area contributed by atoms with Gasteiger partial charge in [-0.25, -0.2) is 0 Å². The fourth-order valence-electron chi connectivity index (χ4n) is 2.25. The minimum absolute atomic E-state index is 0. The number of benzene rings is 1. The van der Waals surface area contributed by atoms with Crippen LogP contribution in [-0.4, -0.2) is 36.4 Å². The molecule has 0 aliphatic heterocycles. The second-order valence-electron chi connectivity index (χ2n) is 5.45. The smallest absolute Gasteiger partial charge is 0.226 e. The van der Waals surface area contributed by atoms with Gasteiger partial charge in [-0.1, -0.05) is 30.3 Å². The molecule has 132 valence electrons. The van der Waals surface area contributed by atoms with Gasteiger partial charge in [0.25, 0.3) is 0 Å². The zero-order valence-electron chi connectivity index (χ0n) is 13.8. The van der Waals surface area contributed by atoms with Crippen molar-refractivity contribution in [2.75, 3.05) is 26.4 Å². The standard InChI is InChI=1S/C17H22N4O.2ClH/c1-21(2)16(13-6-4-3-5-7-13)12-20-17(22)10-15-9-8-14(18)11-19-15;;/h3-9,11,16H,10,12,18H2,1-2H3,(H,20,22);2*1H. The summed E-state index contributed by atoms with van der Waals surface area (Å²) in [5.41, 5.74) is 8.08. The Kier molecular flexibility index (Phi) is 10.0. The van der Waals surface area contributed by atoms with Gasteiger partial charge >= 0.3 is 0 Å². The Morgan fingerprint density at radius 1 is 1.17 bits per heavy atom. The molecule has 1 amide bonds. The molecule has 3 N–H and O–H groups in total. The van der Waals surface area contributed by atoms with Gasteiger partial charge in [0.15, 0.2) is 0 Å². The van der Waals surface area contributed by atoms with E-state index in [1.165, 1.54) is 5.56 Å². The first-order chi connectivity index (χ1) is 10.6. The summed E-state index contributed by atoms with van der Waals surface area (Å²) >= 11 is 0. The third-order valence-corrected chi connectivity index (χ3v) is 3.49. The number of aromatic nitrogens is 1. The highest BCUT2D eigenvalue weighted by molar-refractivity contribution is 5.85. The number of likely N-dealkylation sites (N-methyl/N-ethyl adjacent to an activating group) is 1. The van der Waals surface area contributed by atoms with Crippen LogP contribution in [0, 0.1) is 0 Å². The van der Waals surface area contributed by atoms with Gasteiger partial charge in [-0.2, -0.15) is 0 Å². The van der Waals surface area contributed by atoms with Gasteiger partial charge < -0.3 is 16.0 Å². The number of hydrogen-bond acceptors (Lipinski definition) is 4. The van der Waals surface area contributed by atoms with Crippen molar-refractivity contribution in [1.82, 2.24) is 15.2 Å². The molecule has 5 nitrogen and oxygen atoms in total. The van der Waals surface area contributed by atoms with Crippen LogP contribution in [0.15, 0.2) is 48.7 Å². The van der Waals surface area contributed by atoms with E-state index in [-0.39, 0.29) is 43.2 Å². The van der Waals surface area contributed by atoms with E-state index in [0.29, 0.717) is 17.9 Å². The van der Waals surface area contributed by atoms with Crippen molar-refractivity contribution in [2.24, 2.45) is 0 Å². The number of nitrogens with zero attached hydrogens (tertiary/aromatic N) is 2. The molecule has 0 fully saturated rings. The second kappa shape index (κ2) is 10.9. The monoisotopic (exact) mass is 370 g/mol. The maximum atomic E-state index is 12.1. The summed E-state index contributed by atoms with van der Waals surface area (Å²) in [5.74, 6) is -0.0416. The van der Waals surface area contributed by atoms with Gasteiger partial charge in [0.2, 0.25) is 5.91 Å². The zero-order valence-corrected chi connectivity index (χ0v) is 15.4. The van der Waals surface area contributed by atoms with E-state index >= 15 is 0 Å². The van der Waals surface area contributed by atoms with Crippen LogP contribution in [0.25, 0.3) is 0 Å². The average Bonchev–Trinajstić information content (AvgIpc) is 2.50. The maximum absolute atomic E-state index is 12.1. The number of anilines is 1. The Hall–Kier alpha value is -1.82. The van der Waals surface area contributed by atoms with Gasteiger partial charge in [-0.15, -0.1) is 24.8 Å². The molecule has 1 unspecified atom stereocenters. The van der Waals surface area contributed by atoms with E-state index in [1.54, 1.807) is 18.3 Å². The molecule has 1 atom stereocenters. The molecule has 1 heterocycles. The molecule has 1 aromatic carbocycles. The van der Waals surface area contributed by atoms with Crippen LogP contribution in [0.1, 0.15) is 17.3 Å². The third-order valence-electron chi connectivity index (χ3n) is 3.49. The van der Waals surface area contributed by atoms with Crippen molar-refractivity contribution in [3.8, 4) is 0 Å². The number of pyridine rings is 1. The zero-order chi connectivity index (χ0) is 15.9. The Morgan fingerprint density at radius 3 is 2.38 bits per heavy atom. The van der Waals surface area contributed by atoms with Crippen molar-refractivity contribution in [3.63, 3.8) is 0 Å². The number of nitrogens with two attached hydrogens (primary N) is 1. The maximum Gasteiger partial charge on any atom is 0.226 e. The predicted octanol–water partition coefficient (Wildman–Crippen LogP) is 2.47. The molecule has 2 rings (SSSR count). The molecule has 0 saturated heterocycles. The number of halogens is 2. The Balaban J connectivity index is 0.00000264. The quantitative estimate of drug-likeness (QED) is 0.819. The summed E-state index contributed by atoms with van der Waals surface area (Å²) < 4.78 is 0. The van der Waals surface area contributed by atoms with Crippen LogP contribution in [0.3, 0.4) is 0 Å². The highest BCUT2D eigenvalue weighted by Gasteiger charge is 2.15. The molecule has 0 bridgehead atoms. The minimum Gasteiger partial charge on any atom is -0.397 e. The van der Waals surface area contributed by atoms with E-state index in [1.807, 2.05) is 32.3 Å². The van der Waals surface area contributed by atoms with Crippen LogP contribution in [0.2, 0.25) is 0 Å². The summed E-state index contributed by atoms with van der Waals surface area (Å²) in [4.78, 5) is 18.3. The summed E-state index contributed by atoms with van der Waals surface area (Å²) in [6.45, 7) is 0.560. The number of carbonyl (C=O) groups is 1. The first-order valence-electron chi connectivity index (χ1n) is 7.24. The van der Waals surface area contributed by atoms with E-state index < -0.39 is 0 Å². The average molecular weight is 371 g/mol. The number of nitrogen functional groups attached to an aromatic ring is 1. The first kappa shape index (κ1) is 22.2. The topological polar surface area (TPSA) is 71.2 Å². The lowest BCUT2D eigenvalue weighted by Crippen LogP contribution is -2.35. The lowest BCUT2D eigenvalue weighted by Gasteiger charge is -2.25. The SMILES string of the molecule is CN(C)C(CNC(=O)Cc1ccc(N)cn1)c1ccccc1.Cl.Cl. The summed E-state index contributed by atoms with van der Waals surface area (Å²) in [6.07, 6.45) is 1.82. The van der Waals surface area contributed by atoms with Crippen LogP contribution in [-0.2, 0) is 11.2 Å². The highest BCUT2D eigenvalue weighted by Crippen LogP contribution is 2.16. The molecule has 1 aromatic heterocycles. The summed E-state index contributed by atoms with van der Waals surface area (Å²) in [5, 5.41) is 2.97. The normalized spacial score (nSPS) is 11.1. The Bertz CT molecular complexity index is 606. The van der Waals surface area contributed by atoms with E-state index in [2.05, 4.69) is 27.3 Å². The highest BCUT2D eigenvalue weighted by atomic mass is 35.5. The van der Waals surface area contributed by atoms with Crippen molar-refractivity contribution in [3.05, 3.63) is 59.9 Å². The number of carbonyl (C=O) groups excluding carboxylic acids is 1. The van der Waals surface area contributed by atoms with Crippen molar-refractivity contribution in [2.45, 2.75) is 12.5 Å². The van der Waals surface area contributed by atoms with E-state index in [9.17, 15) is 4.79 Å². The molecule has 24 heavy (non-hydrogen) atoms. The second-order valence-corrected chi connectivity index (χ2v) is 5.45. The molecular formula is C17H24Cl2N4O. The number of hydrogen-bond donors (Lipinski definition) is 2. The van der Waals surface area contributed by atoms with Gasteiger partial charge in [-0.05, 0) is 31.8 Å². The number of amides is 1. The molecule has 7 heteroatoms. The van der Waals surface area contributed by atoms with Gasteiger partial charge in [-0.3, -0.25) is 9.78 Å². The van der Waals surface area contributed by atoms with Crippen molar-refractivity contribution >= 4 is 36.4 Å². The van der Waals surface area contributed by atoms with E-state index in [0.717, 1.165) is 0 Å². The lowest BCUT2D eigenvalue weighted by atomic mass is 10.1. The first-order valence-corrected chi connectivity index (χ1v) is 7.24.